The van der Waals surface area contributed by atoms with Crippen LogP contribution in [0.3, 0.4) is 0 Å². The highest BCUT2D eigenvalue weighted by atomic mass is 16.5. The molecule has 0 aliphatic rings. The molecule has 1 rings (SSSR count). The monoisotopic (exact) mass is 222 g/mol. The van der Waals surface area contributed by atoms with Gasteiger partial charge in [0, 0.05) is 0 Å². The second kappa shape index (κ2) is 5.66. The van der Waals surface area contributed by atoms with Crippen molar-refractivity contribution in [3.63, 3.8) is 0 Å². The number of carbonyl (C=O) groups excluding carboxylic acids is 1. The molecular weight excluding hydrogens is 204 g/mol. The molecular formula is C13H18O3. The van der Waals surface area contributed by atoms with Gasteiger partial charge in [-0.15, -0.1) is 0 Å². The van der Waals surface area contributed by atoms with Gasteiger partial charge in [-0.3, -0.25) is 4.79 Å². The van der Waals surface area contributed by atoms with Crippen LogP contribution in [0.5, 0.6) is 0 Å². The van der Waals surface area contributed by atoms with Crippen molar-refractivity contribution in [2.45, 2.75) is 26.4 Å². The van der Waals surface area contributed by atoms with Gasteiger partial charge in [-0.2, -0.15) is 0 Å². The summed E-state index contributed by atoms with van der Waals surface area (Å²) in [7, 11) is 1.36. The number of hydrogen-bond acceptors (Lipinski definition) is 3. The largest absolute Gasteiger partial charge is 0.469 e. The number of aliphatic hydroxyl groups excluding tert-OH is 1. The third kappa shape index (κ3) is 3.07. The maximum Gasteiger partial charge on any atom is 0.305 e. The van der Waals surface area contributed by atoms with E-state index < -0.39 is 6.10 Å². The molecule has 1 N–H and O–H groups in total. The van der Waals surface area contributed by atoms with Gasteiger partial charge in [-0.1, -0.05) is 31.2 Å². The number of hydrogen-bond donors (Lipinski definition) is 1. The average Bonchev–Trinajstić information content (AvgIpc) is 2.28. The minimum absolute atomic E-state index is 0.145. The van der Waals surface area contributed by atoms with Crippen molar-refractivity contribution in [2.75, 3.05) is 7.11 Å². The highest BCUT2D eigenvalue weighted by Crippen LogP contribution is 2.26. The number of aliphatic hydroxyl groups is 1. The first-order chi connectivity index (χ1) is 7.56. The smallest absolute Gasteiger partial charge is 0.305 e. The molecule has 0 aliphatic heterocycles. The van der Waals surface area contributed by atoms with E-state index in [9.17, 15) is 9.90 Å². The molecule has 3 nitrogen and oxygen atoms in total. The molecule has 0 fully saturated rings. The van der Waals surface area contributed by atoms with Crippen molar-refractivity contribution in [3.8, 4) is 0 Å². The van der Waals surface area contributed by atoms with E-state index in [4.69, 9.17) is 0 Å². The van der Waals surface area contributed by atoms with Crippen LogP contribution in [0.1, 0.15) is 30.6 Å². The van der Waals surface area contributed by atoms with Crippen LogP contribution in [0.2, 0.25) is 0 Å². The fourth-order valence-electron chi connectivity index (χ4n) is 1.68. The first kappa shape index (κ1) is 12.7. The molecule has 0 aliphatic carbocycles. The van der Waals surface area contributed by atoms with Crippen LogP contribution in [0.25, 0.3) is 0 Å². The quantitative estimate of drug-likeness (QED) is 0.795. The second-order valence-corrected chi connectivity index (χ2v) is 4.06. The summed E-state index contributed by atoms with van der Waals surface area (Å²) in [6.07, 6.45) is -0.397. The minimum Gasteiger partial charge on any atom is -0.469 e. The molecule has 0 amide bonds. The van der Waals surface area contributed by atoms with Gasteiger partial charge in [0.2, 0.25) is 0 Å². The van der Waals surface area contributed by atoms with E-state index in [1.165, 1.54) is 7.11 Å². The van der Waals surface area contributed by atoms with Crippen LogP contribution >= 0.6 is 0 Å². The summed E-state index contributed by atoms with van der Waals surface area (Å²) in [6.45, 7) is 3.79. The predicted octanol–water partition coefficient (Wildman–Crippen LogP) is 2.23. The molecule has 2 unspecified atom stereocenters. The standard InChI is InChI=1S/C13H18O3/c1-9-6-4-5-7-11(9)13(15)10(2)8-12(14)16-3/h4-7,10,13,15H,8H2,1-3H3. The number of esters is 1. The van der Waals surface area contributed by atoms with E-state index in [0.717, 1.165) is 11.1 Å². The molecule has 0 saturated heterocycles. The van der Waals surface area contributed by atoms with E-state index in [-0.39, 0.29) is 18.3 Å². The summed E-state index contributed by atoms with van der Waals surface area (Å²) >= 11 is 0. The lowest BCUT2D eigenvalue weighted by Gasteiger charge is -2.19. The lowest BCUT2D eigenvalue weighted by Crippen LogP contribution is -2.15. The number of ether oxygens (including phenoxy) is 1. The van der Waals surface area contributed by atoms with Crippen molar-refractivity contribution in [3.05, 3.63) is 35.4 Å². The predicted molar refractivity (Wildman–Crippen MR) is 61.9 cm³/mol. The number of benzene rings is 1. The van der Waals surface area contributed by atoms with Crippen molar-refractivity contribution < 1.29 is 14.6 Å². The van der Waals surface area contributed by atoms with Crippen molar-refractivity contribution in [1.29, 1.82) is 0 Å². The van der Waals surface area contributed by atoms with E-state index in [2.05, 4.69) is 4.74 Å². The normalized spacial score (nSPS) is 14.2. The zero-order valence-electron chi connectivity index (χ0n) is 9.93. The van der Waals surface area contributed by atoms with Gasteiger partial charge in [0.25, 0.3) is 0 Å². The Labute approximate surface area is 96.1 Å². The van der Waals surface area contributed by atoms with Gasteiger partial charge in [0.1, 0.15) is 0 Å². The van der Waals surface area contributed by atoms with Gasteiger partial charge in [-0.25, -0.2) is 0 Å². The zero-order chi connectivity index (χ0) is 12.1. The first-order valence-electron chi connectivity index (χ1n) is 5.36. The summed E-state index contributed by atoms with van der Waals surface area (Å²) in [5.41, 5.74) is 1.91. The molecule has 0 radical (unpaired) electrons. The van der Waals surface area contributed by atoms with E-state index in [1.54, 1.807) is 0 Å². The van der Waals surface area contributed by atoms with Crippen LogP contribution in [0.15, 0.2) is 24.3 Å². The highest BCUT2D eigenvalue weighted by molar-refractivity contribution is 5.69. The topological polar surface area (TPSA) is 46.5 Å². The Balaban J connectivity index is 2.74. The Kier molecular flexibility index (Phi) is 4.50. The molecule has 0 saturated carbocycles. The Morgan fingerprint density at radius 3 is 2.62 bits per heavy atom. The summed E-state index contributed by atoms with van der Waals surface area (Å²) < 4.78 is 4.59. The van der Waals surface area contributed by atoms with Crippen LogP contribution in [0, 0.1) is 12.8 Å². The summed E-state index contributed by atoms with van der Waals surface area (Å²) in [6, 6.07) is 7.64. The highest BCUT2D eigenvalue weighted by Gasteiger charge is 2.20. The number of methoxy groups -OCH3 is 1. The number of aryl methyl sites for hydroxylation is 1. The SMILES string of the molecule is COC(=O)CC(C)C(O)c1ccccc1C. The van der Waals surface area contributed by atoms with Crippen LogP contribution in [0.4, 0.5) is 0 Å². The Morgan fingerprint density at radius 2 is 2.06 bits per heavy atom. The number of rotatable bonds is 4. The molecule has 16 heavy (non-hydrogen) atoms. The van der Waals surface area contributed by atoms with Crippen LogP contribution in [-0.4, -0.2) is 18.2 Å². The van der Waals surface area contributed by atoms with E-state index in [1.807, 2.05) is 38.1 Å². The van der Waals surface area contributed by atoms with E-state index >= 15 is 0 Å². The molecule has 0 heterocycles. The fourth-order valence-corrected chi connectivity index (χ4v) is 1.68. The van der Waals surface area contributed by atoms with Gasteiger partial charge in [-0.05, 0) is 24.0 Å². The lowest BCUT2D eigenvalue weighted by molar-refractivity contribution is -0.142. The molecule has 88 valence electrons. The third-order valence-corrected chi connectivity index (χ3v) is 2.76. The number of carbonyl (C=O) groups is 1. The maximum atomic E-state index is 11.1. The zero-order valence-corrected chi connectivity index (χ0v) is 9.93. The van der Waals surface area contributed by atoms with E-state index in [0.29, 0.717) is 0 Å². The van der Waals surface area contributed by atoms with Crippen molar-refractivity contribution in [2.24, 2.45) is 5.92 Å². The van der Waals surface area contributed by atoms with Crippen LogP contribution in [-0.2, 0) is 9.53 Å². The molecule has 0 bridgehead atoms. The third-order valence-electron chi connectivity index (χ3n) is 2.76. The maximum absolute atomic E-state index is 11.1. The summed E-state index contributed by atoms with van der Waals surface area (Å²) in [5.74, 6) is -0.436. The molecule has 1 aromatic carbocycles. The van der Waals surface area contributed by atoms with Crippen molar-refractivity contribution >= 4 is 5.97 Å². The van der Waals surface area contributed by atoms with Gasteiger partial charge in [0.05, 0.1) is 19.6 Å². The van der Waals surface area contributed by atoms with Gasteiger partial charge in [0.15, 0.2) is 0 Å². The molecule has 0 aromatic heterocycles. The minimum atomic E-state index is -0.625. The molecule has 3 heteroatoms. The van der Waals surface area contributed by atoms with Crippen LogP contribution < -0.4 is 0 Å². The summed E-state index contributed by atoms with van der Waals surface area (Å²) in [4.78, 5) is 11.1. The Hall–Kier alpha value is -1.35. The fraction of sp³-hybridized carbons (Fsp3) is 0.462. The van der Waals surface area contributed by atoms with Crippen molar-refractivity contribution in [1.82, 2.24) is 0 Å². The Bertz CT molecular complexity index is 360. The first-order valence-corrected chi connectivity index (χ1v) is 5.36. The van der Waals surface area contributed by atoms with Gasteiger partial charge >= 0.3 is 5.97 Å². The second-order valence-electron chi connectivity index (χ2n) is 4.06. The van der Waals surface area contributed by atoms with Gasteiger partial charge < -0.3 is 9.84 Å². The summed E-state index contributed by atoms with van der Waals surface area (Å²) in [5, 5.41) is 10.1. The lowest BCUT2D eigenvalue weighted by atomic mass is 9.92. The Morgan fingerprint density at radius 1 is 1.44 bits per heavy atom. The molecule has 2 atom stereocenters. The molecule has 0 spiro atoms. The average molecular weight is 222 g/mol. The molecule has 1 aromatic rings.